The maximum Gasteiger partial charge on any atom is 0.0599 e. The predicted octanol–water partition coefficient (Wildman–Crippen LogP) is 3.70. The summed E-state index contributed by atoms with van der Waals surface area (Å²) in [5.41, 5.74) is 0.405. The van der Waals surface area contributed by atoms with E-state index in [0.717, 1.165) is 6.61 Å². The lowest BCUT2D eigenvalue weighted by atomic mass is 9.93. The Labute approximate surface area is 108 Å². The van der Waals surface area contributed by atoms with Crippen molar-refractivity contribution < 1.29 is 4.74 Å². The molecule has 0 aromatic heterocycles. The van der Waals surface area contributed by atoms with E-state index in [-0.39, 0.29) is 0 Å². The molecule has 0 N–H and O–H groups in total. The monoisotopic (exact) mass is 241 g/mol. The van der Waals surface area contributed by atoms with Gasteiger partial charge in [-0.1, -0.05) is 34.1 Å². The van der Waals surface area contributed by atoms with Gasteiger partial charge in [-0.3, -0.25) is 0 Å². The number of nitrogens with zero attached hydrogens (tertiary/aromatic N) is 1. The highest BCUT2D eigenvalue weighted by molar-refractivity contribution is 4.72. The fourth-order valence-electron chi connectivity index (χ4n) is 2.21. The Hall–Kier alpha value is -0.0800. The van der Waals surface area contributed by atoms with Crippen molar-refractivity contribution in [3.05, 3.63) is 0 Å². The summed E-state index contributed by atoms with van der Waals surface area (Å²) in [5, 5.41) is 0. The van der Waals surface area contributed by atoms with Crippen LogP contribution < -0.4 is 0 Å². The maximum absolute atomic E-state index is 5.99. The van der Waals surface area contributed by atoms with Gasteiger partial charge < -0.3 is 9.64 Å². The fraction of sp³-hybridized carbons (Fsp3) is 1.00. The van der Waals surface area contributed by atoms with E-state index in [1.165, 1.54) is 51.7 Å². The number of piperidine rings is 1. The second-order valence-corrected chi connectivity index (χ2v) is 6.58. The summed E-state index contributed by atoms with van der Waals surface area (Å²) in [7, 11) is 0. The number of hydrogen-bond donors (Lipinski definition) is 0. The van der Waals surface area contributed by atoms with Gasteiger partial charge in [-0.05, 0) is 37.6 Å². The Bertz CT molecular complexity index is 190. The number of likely N-dealkylation sites (tertiary alicyclic amines) is 1. The SMILES string of the molecule is CCCCN1CCC(OCCC(C)(C)C)CC1. The van der Waals surface area contributed by atoms with E-state index in [4.69, 9.17) is 4.74 Å². The summed E-state index contributed by atoms with van der Waals surface area (Å²) in [6.07, 6.45) is 6.80. The largest absolute Gasteiger partial charge is 0.378 e. The molecule has 1 fully saturated rings. The molecule has 1 aliphatic heterocycles. The number of rotatable bonds is 6. The quantitative estimate of drug-likeness (QED) is 0.703. The van der Waals surface area contributed by atoms with Gasteiger partial charge in [0.15, 0.2) is 0 Å². The summed E-state index contributed by atoms with van der Waals surface area (Å²) in [5.74, 6) is 0. The van der Waals surface area contributed by atoms with Crippen molar-refractivity contribution in [2.75, 3.05) is 26.2 Å². The van der Waals surface area contributed by atoms with E-state index in [1.54, 1.807) is 0 Å². The van der Waals surface area contributed by atoms with Gasteiger partial charge in [0.1, 0.15) is 0 Å². The molecule has 1 saturated heterocycles. The molecule has 2 nitrogen and oxygen atoms in total. The van der Waals surface area contributed by atoms with Crippen molar-refractivity contribution in [2.24, 2.45) is 5.41 Å². The first-order valence-electron chi connectivity index (χ1n) is 7.35. The number of ether oxygens (including phenoxy) is 1. The van der Waals surface area contributed by atoms with Gasteiger partial charge in [0, 0.05) is 19.7 Å². The molecule has 0 radical (unpaired) electrons. The molecule has 0 spiro atoms. The molecular weight excluding hydrogens is 210 g/mol. The van der Waals surface area contributed by atoms with Gasteiger partial charge in [0.05, 0.1) is 6.10 Å². The summed E-state index contributed by atoms with van der Waals surface area (Å²) in [6, 6.07) is 0. The van der Waals surface area contributed by atoms with Crippen LogP contribution in [0.2, 0.25) is 0 Å². The average molecular weight is 241 g/mol. The molecule has 0 aliphatic carbocycles. The Balaban J connectivity index is 2.07. The van der Waals surface area contributed by atoms with Crippen molar-refractivity contribution in [3.63, 3.8) is 0 Å². The zero-order valence-electron chi connectivity index (χ0n) is 12.3. The lowest BCUT2D eigenvalue weighted by Gasteiger charge is -2.32. The van der Waals surface area contributed by atoms with E-state index in [9.17, 15) is 0 Å². The van der Waals surface area contributed by atoms with Gasteiger partial charge in [-0.25, -0.2) is 0 Å². The minimum atomic E-state index is 0.405. The number of unbranched alkanes of at least 4 members (excludes halogenated alkanes) is 1. The average Bonchev–Trinajstić information content (AvgIpc) is 2.26. The topological polar surface area (TPSA) is 12.5 Å². The molecule has 2 heteroatoms. The molecule has 1 heterocycles. The minimum absolute atomic E-state index is 0.405. The molecule has 0 atom stereocenters. The van der Waals surface area contributed by atoms with Crippen LogP contribution in [0.3, 0.4) is 0 Å². The van der Waals surface area contributed by atoms with E-state index < -0.39 is 0 Å². The van der Waals surface area contributed by atoms with Crippen LogP contribution in [0.5, 0.6) is 0 Å². The van der Waals surface area contributed by atoms with E-state index in [1.807, 2.05) is 0 Å². The highest BCUT2D eigenvalue weighted by Gasteiger charge is 2.19. The van der Waals surface area contributed by atoms with E-state index >= 15 is 0 Å². The van der Waals surface area contributed by atoms with Gasteiger partial charge in [0.25, 0.3) is 0 Å². The van der Waals surface area contributed by atoms with Crippen LogP contribution in [0.4, 0.5) is 0 Å². The van der Waals surface area contributed by atoms with E-state index in [0.29, 0.717) is 11.5 Å². The van der Waals surface area contributed by atoms with Crippen LogP contribution in [-0.2, 0) is 4.74 Å². The Morgan fingerprint density at radius 2 is 1.82 bits per heavy atom. The van der Waals surface area contributed by atoms with Gasteiger partial charge in [-0.2, -0.15) is 0 Å². The standard InChI is InChI=1S/C15H31NO/c1-5-6-10-16-11-7-14(8-12-16)17-13-9-15(2,3)4/h14H,5-13H2,1-4H3. The molecule has 0 unspecified atom stereocenters. The Morgan fingerprint density at radius 1 is 1.18 bits per heavy atom. The molecule has 1 rings (SSSR count). The lowest BCUT2D eigenvalue weighted by molar-refractivity contribution is -0.00236. The summed E-state index contributed by atoms with van der Waals surface area (Å²) in [4.78, 5) is 2.59. The van der Waals surface area contributed by atoms with Crippen molar-refractivity contribution in [3.8, 4) is 0 Å². The van der Waals surface area contributed by atoms with Crippen LogP contribution in [0.15, 0.2) is 0 Å². The van der Waals surface area contributed by atoms with Crippen molar-refractivity contribution in [2.45, 2.75) is 65.9 Å². The van der Waals surface area contributed by atoms with Gasteiger partial charge in [0.2, 0.25) is 0 Å². The normalized spacial score (nSPS) is 19.8. The third-order valence-electron chi connectivity index (χ3n) is 3.57. The molecule has 17 heavy (non-hydrogen) atoms. The van der Waals surface area contributed by atoms with E-state index in [2.05, 4.69) is 32.6 Å². The zero-order chi connectivity index (χ0) is 12.7. The first-order chi connectivity index (χ1) is 8.01. The maximum atomic E-state index is 5.99. The second kappa shape index (κ2) is 7.38. The first kappa shape index (κ1) is 15.0. The summed E-state index contributed by atoms with van der Waals surface area (Å²) in [6.45, 7) is 13.8. The van der Waals surface area contributed by atoms with Crippen LogP contribution in [0.25, 0.3) is 0 Å². The molecule has 102 valence electrons. The molecule has 0 saturated carbocycles. The molecule has 0 aromatic carbocycles. The molecular formula is C15H31NO. The third-order valence-corrected chi connectivity index (χ3v) is 3.57. The van der Waals surface area contributed by atoms with Gasteiger partial charge >= 0.3 is 0 Å². The smallest absolute Gasteiger partial charge is 0.0599 e. The minimum Gasteiger partial charge on any atom is -0.378 e. The fourth-order valence-corrected chi connectivity index (χ4v) is 2.21. The highest BCUT2D eigenvalue weighted by atomic mass is 16.5. The molecule has 0 amide bonds. The van der Waals surface area contributed by atoms with Crippen molar-refractivity contribution in [1.82, 2.24) is 4.90 Å². The summed E-state index contributed by atoms with van der Waals surface area (Å²) < 4.78 is 5.99. The van der Waals surface area contributed by atoms with Crippen LogP contribution >= 0.6 is 0 Å². The first-order valence-corrected chi connectivity index (χ1v) is 7.35. The Kier molecular flexibility index (Phi) is 6.50. The van der Waals surface area contributed by atoms with Crippen LogP contribution in [0.1, 0.15) is 59.8 Å². The zero-order valence-corrected chi connectivity index (χ0v) is 12.3. The number of hydrogen-bond acceptors (Lipinski definition) is 2. The Morgan fingerprint density at radius 3 is 2.35 bits per heavy atom. The lowest BCUT2D eigenvalue weighted by Crippen LogP contribution is -2.37. The summed E-state index contributed by atoms with van der Waals surface area (Å²) >= 11 is 0. The molecule has 0 aromatic rings. The van der Waals surface area contributed by atoms with Crippen LogP contribution in [0, 0.1) is 5.41 Å². The third kappa shape index (κ3) is 7.05. The van der Waals surface area contributed by atoms with Gasteiger partial charge in [-0.15, -0.1) is 0 Å². The van der Waals surface area contributed by atoms with Crippen LogP contribution in [-0.4, -0.2) is 37.2 Å². The van der Waals surface area contributed by atoms with Crippen molar-refractivity contribution >= 4 is 0 Å². The second-order valence-electron chi connectivity index (χ2n) is 6.58. The molecule has 1 aliphatic rings. The predicted molar refractivity (Wildman–Crippen MR) is 74.4 cm³/mol. The van der Waals surface area contributed by atoms with Crippen molar-refractivity contribution in [1.29, 1.82) is 0 Å². The highest BCUT2D eigenvalue weighted by Crippen LogP contribution is 2.20. The molecule has 0 bridgehead atoms.